The van der Waals surface area contributed by atoms with Gasteiger partial charge in [-0.25, -0.2) is 9.18 Å². The number of methoxy groups -OCH3 is 1. The fourth-order valence-electron chi connectivity index (χ4n) is 3.53. The van der Waals surface area contributed by atoms with Crippen molar-refractivity contribution in [2.75, 3.05) is 25.6 Å². The van der Waals surface area contributed by atoms with Gasteiger partial charge in [-0.2, -0.15) is 0 Å². The molecule has 0 unspecified atom stereocenters. The molecule has 0 saturated carbocycles. The second kappa shape index (κ2) is 9.62. The summed E-state index contributed by atoms with van der Waals surface area (Å²) < 4.78 is 24.1. The van der Waals surface area contributed by atoms with Gasteiger partial charge in [-0.1, -0.05) is 12.1 Å². The Morgan fingerprint density at radius 3 is 2.26 bits per heavy atom. The van der Waals surface area contributed by atoms with Crippen molar-refractivity contribution in [3.05, 3.63) is 83.7 Å². The summed E-state index contributed by atoms with van der Waals surface area (Å²) in [6, 6.07) is 17.1. The maximum Gasteiger partial charge on any atom is 0.329 e. The Kier molecular flexibility index (Phi) is 6.44. The van der Waals surface area contributed by atoms with Gasteiger partial charge in [-0.05, 0) is 60.2 Å². The monoisotopic (exact) mass is 463 g/mol. The number of benzene rings is 3. The average molecular weight is 463 g/mol. The number of rotatable bonds is 7. The summed E-state index contributed by atoms with van der Waals surface area (Å²) in [5.74, 6) is 0.400. The van der Waals surface area contributed by atoms with Crippen LogP contribution in [0.25, 0.3) is 0 Å². The van der Waals surface area contributed by atoms with E-state index in [2.05, 4.69) is 5.32 Å². The number of nitrogens with one attached hydrogen (secondary N) is 1. The topological polar surface area (TPSA) is 88.2 Å². The van der Waals surface area contributed by atoms with Gasteiger partial charge in [0.25, 0.3) is 5.91 Å². The molecule has 0 spiro atoms. The first-order chi connectivity index (χ1) is 16.3. The Labute approximate surface area is 195 Å². The van der Waals surface area contributed by atoms with E-state index >= 15 is 0 Å². The van der Waals surface area contributed by atoms with Gasteiger partial charge < -0.3 is 14.4 Å². The molecule has 4 rings (SSSR count). The molecule has 3 aromatic rings. The highest BCUT2D eigenvalue weighted by molar-refractivity contribution is 6.12. The number of carbonyl (C=O) groups excluding carboxylic acids is 3. The van der Waals surface area contributed by atoms with E-state index in [0.717, 1.165) is 5.56 Å². The Morgan fingerprint density at radius 2 is 1.68 bits per heavy atom. The number of halogens is 1. The van der Waals surface area contributed by atoms with Crippen molar-refractivity contribution in [2.45, 2.75) is 6.54 Å². The minimum Gasteiger partial charge on any atom is -0.496 e. The van der Waals surface area contributed by atoms with Crippen LogP contribution in [0.2, 0.25) is 0 Å². The molecule has 34 heavy (non-hydrogen) atoms. The predicted octanol–water partition coefficient (Wildman–Crippen LogP) is 3.96. The average Bonchev–Trinajstić information content (AvgIpc) is 3.18. The molecule has 1 N–H and O–H groups in total. The maximum absolute atomic E-state index is 13.2. The lowest BCUT2D eigenvalue weighted by atomic mass is 10.1. The van der Waals surface area contributed by atoms with Crippen LogP contribution in [0, 0.1) is 5.82 Å². The second-order valence-electron chi connectivity index (χ2n) is 7.69. The summed E-state index contributed by atoms with van der Waals surface area (Å²) in [5.41, 5.74) is 1.55. The van der Waals surface area contributed by atoms with Crippen molar-refractivity contribution in [3.63, 3.8) is 0 Å². The van der Waals surface area contributed by atoms with Gasteiger partial charge in [0, 0.05) is 19.3 Å². The Morgan fingerprint density at radius 1 is 1.03 bits per heavy atom. The summed E-state index contributed by atoms with van der Waals surface area (Å²) >= 11 is 0. The van der Waals surface area contributed by atoms with Crippen LogP contribution in [-0.2, 0) is 11.3 Å². The maximum atomic E-state index is 13.2. The van der Waals surface area contributed by atoms with E-state index in [9.17, 15) is 18.8 Å². The number of urea groups is 1. The van der Waals surface area contributed by atoms with Crippen LogP contribution in [0.3, 0.4) is 0 Å². The molecule has 3 aromatic carbocycles. The number of carbonyl (C=O) groups is 3. The third kappa shape index (κ3) is 4.98. The third-order valence-corrected chi connectivity index (χ3v) is 5.26. The minimum absolute atomic E-state index is 0.110. The number of amides is 4. The zero-order chi connectivity index (χ0) is 24.2. The van der Waals surface area contributed by atoms with Gasteiger partial charge in [0.15, 0.2) is 0 Å². The fraction of sp³-hybridized carbons (Fsp3) is 0.160. The van der Waals surface area contributed by atoms with E-state index in [1.807, 2.05) is 12.1 Å². The molecule has 1 aliphatic rings. The summed E-state index contributed by atoms with van der Waals surface area (Å²) in [7, 11) is 3.11. The van der Waals surface area contributed by atoms with E-state index in [1.165, 1.54) is 35.1 Å². The van der Waals surface area contributed by atoms with Crippen LogP contribution in [0.1, 0.15) is 15.9 Å². The lowest BCUT2D eigenvalue weighted by Crippen LogP contribution is -2.29. The van der Waals surface area contributed by atoms with Crippen LogP contribution in [-0.4, -0.2) is 43.4 Å². The first kappa shape index (κ1) is 22.8. The molecule has 0 radical (unpaired) electrons. The van der Waals surface area contributed by atoms with Crippen LogP contribution >= 0.6 is 0 Å². The molecule has 1 aliphatic heterocycles. The van der Waals surface area contributed by atoms with Gasteiger partial charge in [0.1, 0.15) is 29.6 Å². The molecule has 0 bridgehead atoms. The second-order valence-corrected chi connectivity index (χ2v) is 7.69. The molecular formula is C25H22FN3O5. The molecule has 174 valence electrons. The summed E-state index contributed by atoms with van der Waals surface area (Å²) in [6.45, 7) is 0.201. The lowest BCUT2D eigenvalue weighted by molar-refractivity contribution is -0.117. The molecule has 4 amide bonds. The number of nitrogens with zero attached hydrogens (tertiary/aromatic N) is 2. The van der Waals surface area contributed by atoms with Gasteiger partial charge in [-0.15, -0.1) is 0 Å². The van der Waals surface area contributed by atoms with Crippen LogP contribution in [0.15, 0.2) is 66.7 Å². The number of hydrogen-bond acceptors (Lipinski definition) is 5. The van der Waals surface area contributed by atoms with E-state index in [0.29, 0.717) is 29.5 Å². The highest BCUT2D eigenvalue weighted by atomic mass is 19.1. The highest BCUT2D eigenvalue weighted by Crippen LogP contribution is 2.28. The SMILES string of the molecule is COc1ccc(N2CC(=O)NC2=O)cc1C(=O)N(C)Cc1ccc(Oc2ccc(F)cc2)cc1. The summed E-state index contributed by atoms with van der Waals surface area (Å²) in [5, 5.41) is 2.21. The van der Waals surface area contributed by atoms with Crippen molar-refractivity contribution in [3.8, 4) is 17.2 Å². The Bertz CT molecular complexity index is 1230. The quantitative estimate of drug-likeness (QED) is 0.536. The van der Waals surface area contributed by atoms with Gasteiger partial charge >= 0.3 is 6.03 Å². The molecule has 1 heterocycles. The molecule has 0 aliphatic carbocycles. The van der Waals surface area contributed by atoms with Crippen molar-refractivity contribution in [2.24, 2.45) is 0 Å². The predicted molar refractivity (Wildman–Crippen MR) is 123 cm³/mol. The summed E-state index contributed by atoms with van der Waals surface area (Å²) in [4.78, 5) is 39.5. The van der Waals surface area contributed by atoms with E-state index in [4.69, 9.17) is 9.47 Å². The van der Waals surface area contributed by atoms with E-state index in [-0.39, 0.29) is 23.8 Å². The van der Waals surface area contributed by atoms with Gasteiger partial charge in [-0.3, -0.25) is 19.8 Å². The molecule has 8 nitrogen and oxygen atoms in total. The molecule has 1 saturated heterocycles. The standard InChI is InChI=1S/C25H22FN3O5/c1-28(14-16-3-8-19(9-4-16)34-20-10-5-17(26)6-11-20)24(31)21-13-18(7-12-22(21)33-2)29-15-23(30)27-25(29)32/h3-13H,14-15H2,1-2H3,(H,27,30,32). The highest BCUT2D eigenvalue weighted by Gasteiger charge is 2.29. The first-order valence-corrected chi connectivity index (χ1v) is 10.4. The molecule has 9 heteroatoms. The third-order valence-electron chi connectivity index (χ3n) is 5.26. The van der Waals surface area contributed by atoms with E-state index < -0.39 is 11.9 Å². The number of anilines is 1. The van der Waals surface area contributed by atoms with Crippen molar-refractivity contribution >= 4 is 23.5 Å². The minimum atomic E-state index is -0.537. The smallest absolute Gasteiger partial charge is 0.329 e. The number of ether oxygens (including phenoxy) is 2. The fourth-order valence-corrected chi connectivity index (χ4v) is 3.53. The van der Waals surface area contributed by atoms with E-state index in [1.54, 1.807) is 43.4 Å². The zero-order valence-corrected chi connectivity index (χ0v) is 18.6. The van der Waals surface area contributed by atoms with Crippen LogP contribution in [0.4, 0.5) is 14.9 Å². The Balaban J connectivity index is 1.46. The van der Waals surface area contributed by atoms with Gasteiger partial charge in [0.2, 0.25) is 5.91 Å². The Hall–Kier alpha value is -4.40. The largest absolute Gasteiger partial charge is 0.496 e. The molecule has 1 fully saturated rings. The number of imide groups is 1. The lowest BCUT2D eigenvalue weighted by Gasteiger charge is -2.21. The molecule has 0 aromatic heterocycles. The van der Waals surface area contributed by atoms with Gasteiger partial charge in [0.05, 0.1) is 12.7 Å². The van der Waals surface area contributed by atoms with Crippen molar-refractivity contribution < 1.29 is 28.2 Å². The van der Waals surface area contributed by atoms with Crippen molar-refractivity contribution in [1.29, 1.82) is 0 Å². The molecule has 0 atom stereocenters. The first-order valence-electron chi connectivity index (χ1n) is 10.4. The normalized spacial score (nSPS) is 13.0. The molecular weight excluding hydrogens is 441 g/mol. The van der Waals surface area contributed by atoms with Crippen molar-refractivity contribution in [1.82, 2.24) is 10.2 Å². The van der Waals surface area contributed by atoms with Crippen LogP contribution < -0.4 is 19.7 Å². The number of hydrogen-bond donors (Lipinski definition) is 1. The van der Waals surface area contributed by atoms with Crippen LogP contribution in [0.5, 0.6) is 17.2 Å². The zero-order valence-electron chi connectivity index (χ0n) is 18.6. The summed E-state index contributed by atoms with van der Waals surface area (Å²) in [6.07, 6.45) is 0.